The van der Waals surface area contributed by atoms with E-state index in [1.165, 1.54) is 0 Å². The van der Waals surface area contributed by atoms with Crippen molar-refractivity contribution >= 4 is 18.4 Å². The van der Waals surface area contributed by atoms with Gasteiger partial charge in [-0.2, -0.15) is 0 Å². The SMILES string of the molecule is Cl.[N-]=[N+]=NCCOC[C@]1(F)CN[C@H](C(=O)O)C1. The van der Waals surface area contributed by atoms with E-state index in [1.54, 1.807) is 0 Å². The first kappa shape index (κ1) is 15.9. The van der Waals surface area contributed by atoms with Crippen LogP contribution in [-0.2, 0) is 9.53 Å². The van der Waals surface area contributed by atoms with Crippen LogP contribution in [0.2, 0.25) is 0 Å². The van der Waals surface area contributed by atoms with Crippen molar-refractivity contribution in [2.45, 2.75) is 18.1 Å². The molecule has 0 radical (unpaired) electrons. The lowest BCUT2D eigenvalue weighted by atomic mass is 10.0. The van der Waals surface area contributed by atoms with Gasteiger partial charge in [0, 0.05) is 24.4 Å². The van der Waals surface area contributed by atoms with E-state index in [4.69, 9.17) is 15.4 Å². The summed E-state index contributed by atoms with van der Waals surface area (Å²) in [5, 5.41) is 14.4. The molecule has 0 saturated carbocycles. The van der Waals surface area contributed by atoms with Crippen LogP contribution < -0.4 is 5.32 Å². The average molecular weight is 269 g/mol. The number of carboxylic acid groups (broad SMARTS) is 1. The van der Waals surface area contributed by atoms with E-state index in [0.717, 1.165) is 0 Å². The van der Waals surface area contributed by atoms with Gasteiger partial charge in [-0.05, 0) is 5.53 Å². The molecule has 1 heterocycles. The summed E-state index contributed by atoms with van der Waals surface area (Å²) in [5.41, 5.74) is 6.32. The number of nitrogens with zero attached hydrogens (tertiary/aromatic N) is 3. The van der Waals surface area contributed by atoms with Gasteiger partial charge < -0.3 is 15.2 Å². The van der Waals surface area contributed by atoms with Gasteiger partial charge in [0.1, 0.15) is 11.7 Å². The maximum Gasteiger partial charge on any atom is 0.320 e. The van der Waals surface area contributed by atoms with E-state index in [-0.39, 0.29) is 45.1 Å². The molecule has 1 rings (SSSR count). The van der Waals surface area contributed by atoms with Crippen molar-refractivity contribution in [3.05, 3.63) is 10.4 Å². The molecule has 7 nitrogen and oxygen atoms in total. The Labute approximate surface area is 103 Å². The Bertz CT molecular complexity index is 313. The molecule has 9 heteroatoms. The summed E-state index contributed by atoms with van der Waals surface area (Å²) in [5.74, 6) is -1.06. The van der Waals surface area contributed by atoms with E-state index < -0.39 is 17.7 Å². The third kappa shape index (κ3) is 5.18. The molecule has 0 spiro atoms. The number of nitrogens with one attached hydrogen (secondary N) is 1. The van der Waals surface area contributed by atoms with E-state index in [2.05, 4.69) is 15.3 Å². The first-order valence-electron chi connectivity index (χ1n) is 4.81. The first-order valence-corrected chi connectivity index (χ1v) is 4.81. The van der Waals surface area contributed by atoms with Crippen LogP contribution in [0, 0.1) is 0 Å². The summed E-state index contributed by atoms with van der Waals surface area (Å²) in [6, 6.07) is -0.856. The number of azide groups is 1. The lowest BCUT2D eigenvalue weighted by Crippen LogP contribution is -2.32. The summed E-state index contributed by atoms with van der Waals surface area (Å²) >= 11 is 0. The quantitative estimate of drug-likeness (QED) is 0.323. The fourth-order valence-corrected chi connectivity index (χ4v) is 1.51. The zero-order valence-electron chi connectivity index (χ0n) is 9.00. The highest BCUT2D eigenvalue weighted by atomic mass is 35.5. The summed E-state index contributed by atoms with van der Waals surface area (Å²) in [6.07, 6.45) is -0.107. The third-order valence-corrected chi connectivity index (χ3v) is 2.29. The van der Waals surface area contributed by atoms with Crippen LogP contribution in [0.15, 0.2) is 5.11 Å². The maximum absolute atomic E-state index is 13.9. The van der Waals surface area contributed by atoms with Gasteiger partial charge in [-0.1, -0.05) is 5.11 Å². The Morgan fingerprint density at radius 1 is 1.76 bits per heavy atom. The second-order valence-corrected chi connectivity index (χ2v) is 3.63. The number of alkyl halides is 1. The standard InChI is InChI=1S/C8H13FN4O3.ClH/c9-8(5-16-2-1-12-13-10)3-6(7(14)15)11-4-8;/h6,11H,1-5H2,(H,14,15);1H/t6-,8+;/m0./s1. The minimum Gasteiger partial charge on any atom is -0.480 e. The molecular weight excluding hydrogens is 255 g/mol. The van der Waals surface area contributed by atoms with Crippen LogP contribution in [0.5, 0.6) is 0 Å². The van der Waals surface area contributed by atoms with E-state index >= 15 is 0 Å². The van der Waals surface area contributed by atoms with Crippen molar-refractivity contribution in [1.82, 2.24) is 5.32 Å². The van der Waals surface area contributed by atoms with Crippen LogP contribution in [-0.4, -0.2) is 49.1 Å². The molecule has 2 atom stereocenters. The Balaban J connectivity index is 0.00000256. The van der Waals surface area contributed by atoms with Gasteiger partial charge in [0.05, 0.1) is 13.2 Å². The fraction of sp³-hybridized carbons (Fsp3) is 0.875. The zero-order valence-corrected chi connectivity index (χ0v) is 9.82. The molecule has 0 aromatic heterocycles. The Kier molecular flexibility index (Phi) is 6.82. The molecule has 0 aromatic carbocycles. The molecule has 98 valence electrons. The topological polar surface area (TPSA) is 107 Å². The minimum atomic E-state index is -1.65. The van der Waals surface area contributed by atoms with Crippen molar-refractivity contribution in [2.75, 3.05) is 26.3 Å². The van der Waals surface area contributed by atoms with Gasteiger partial charge in [-0.3, -0.25) is 4.79 Å². The smallest absolute Gasteiger partial charge is 0.320 e. The van der Waals surface area contributed by atoms with Gasteiger partial charge in [-0.25, -0.2) is 4.39 Å². The number of hydrogen-bond acceptors (Lipinski definition) is 4. The van der Waals surface area contributed by atoms with E-state index in [9.17, 15) is 9.18 Å². The number of carboxylic acids is 1. The van der Waals surface area contributed by atoms with Gasteiger partial charge in [0.2, 0.25) is 0 Å². The molecule has 0 aromatic rings. The molecule has 0 unspecified atom stereocenters. The molecule has 1 aliphatic rings. The zero-order chi connectivity index (χ0) is 12.0. The highest BCUT2D eigenvalue weighted by molar-refractivity contribution is 5.85. The summed E-state index contributed by atoms with van der Waals surface area (Å²) in [7, 11) is 0. The van der Waals surface area contributed by atoms with Gasteiger partial charge >= 0.3 is 5.97 Å². The molecule has 1 fully saturated rings. The number of hydrogen-bond donors (Lipinski definition) is 2. The third-order valence-electron chi connectivity index (χ3n) is 2.29. The average Bonchev–Trinajstić information content (AvgIpc) is 2.61. The van der Waals surface area contributed by atoms with Crippen molar-refractivity contribution in [3.8, 4) is 0 Å². The second-order valence-electron chi connectivity index (χ2n) is 3.63. The van der Waals surface area contributed by atoms with Crippen molar-refractivity contribution in [2.24, 2.45) is 5.11 Å². The minimum absolute atomic E-state index is 0. The fourth-order valence-electron chi connectivity index (χ4n) is 1.51. The molecule has 0 aliphatic carbocycles. The largest absolute Gasteiger partial charge is 0.480 e. The Morgan fingerprint density at radius 3 is 3.00 bits per heavy atom. The van der Waals surface area contributed by atoms with E-state index in [1.807, 2.05) is 0 Å². The van der Waals surface area contributed by atoms with Crippen LogP contribution in [0.1, 0.15) is 6.42 Å². The molecule has 1 saturated heterocycles. The van der Waals surface area contributed by atoms with Crippen molar-refractivity contribution < 1.29 is 19.0 Å². The summed E-state index contributed by atoms with van der Waals surface area (Å²) in [6.45, 7) is 0.0477. The number of rotatable bonds is 6. The monoisotopic (exact) mass is 268 g/mol. The number of carbonyl (C=O) groups is 1. The second kappa shape index (κ2) is 7.29. The lowest BCUT2D eigenvalue weighted by molar-refractivity contribution is -0.139. The van der Waals surface area contributed by atoms with Gasteiger partial charge in [0.15, 0.2) is 0 Å². The highest BCUT2D eigenvalue weighted by Crippen LogP contribution is 2.24. The normalized spacial score (nSPS) is 27.0. The van der Waals surface area contributed by atoms with E-state index in [0.29, 0.717) is 0 Å². The summed E-state index contributed by atoms with van der Waals surface area (Å²) < 4.78 is 18.9. The van der Waals surface area contributed by atoms with Gasteiger partial charge in [-0.15, -0.1) is 12.4 Å². The molecule has 0 bridgehead atoms. The van der Waals surface area contributed by atoms with Crippen molar-refractivity contribution in [3.63, 3.8) is 0 Å². The molecular formula is C8H14ClFN4O3. The van der Waals surface area contributed by atoms with Crippen LogP contribution >= 0.6 is 12.4 Å². The molecule has 2 N–H and O–H groups in total. The Hall–Kier alpha value is -1.08. The van der Waals surface area contributed by atoms with Crippen LogP contribution in [0.25, 0.3) is 10.4 Å². The maximum atomic E-state index is 13.9. The Morgan fingerprint density at radius 2 is 2.47 bits per heavy atom. The molecule has 17 heavy (non-hydrogen) atoms. The highest BCUT2D eigenvalue weighted by Gasteiger charge is 2.42. The molecule has 1 aliphatic heterocycles. The summed E-state index contributed by atoms with van der Waals surface area (Å²) in [4.78, 5) is 13.1. The number of halogens is 2. The number of ether oxygens (including phenoxy) is 1. The van der Waals surface area contributed by atoms with Crippen molar-refractivity contribution in [1.29, 1.82) is 0 Å². The molecule has 0 amide bonds. The number of aliphatic carboxylic acids is 1. The van der Waals surface area contributed by atoms with Gasteiger partial charge in [0.25, 0.3) is 0 Å². The first-order chi connectivity index (χ1) is 7.57. The predicted octanol–water partition coefficient (Wildman–Crippen LogP) is 0.890. The predicted molar refractivity (Wildman–Crippen MR) is 60.0 cm³/mol. The van der Waals surface area contributed by atoms with Crippen LogP contribution in [0.3, 0.4) is 0 Å². The van der Waals surface area contributed by atoms with Crippen LogP contribution in [0.4, 0.5) is 4.39 Å². The lowest BCUT2D eigenvalue weighted by Gasteiger charge is -2.17.